The van der Waals surface area contributed by atoms with Crippen LogP contribution in [0.25, 0.3) is 0 Å². The Bertz CT molecular complexity index is 369. The standard InChI is InChI=1S/C15H28NSi/c1-9-10(2)12(4)13(11(9)3)14(17(7)8)15(5,6)16/h11,14,16-17H,1-8H3. The van der Waals surface area contributed by atoms with Crippen molar-refractivity contribution in [2.24, 2.45) is 5.92 Å². The quantitative estimate of drug-likeness (QED) is 0.670. The highest BCUT2D eigenvalue weighted by atomic mass is 28.3. The van der Waals surface area contributed by atoms with Crippen LogP contribution >= 0.6 is 0 Å². The summed E-state index contributed by atoms with van der Waals surface area (Å²) in [5.41, 5.74) is 14.7. The van der Waals surface area contributed by atoms with Crippen molar-refractivity contribution in [1.82, 2.24) is 5.73 Å². The lowest BCUT2D eigenvalue weighted by Gasteiger charge is -2.36. The summed E-state index contributed by atoms with van der Waals surface area (Å²) in [5, 5.41) is 0. The van der Waals surface area contributed by atoms with Gasteiger partial charge in [0.2, 0.25) is 0 Å². The van der Waals surface area contributed by atoms with Crippen LogP contribution in [0.1, 0.15) is 41.5 Å². The topological polar surface area (TPSA) is 23.8 Å². The van der Waals surface area contributed by atoms with Crippen LogP contribution in [0.5, 0.6) is 0 Å². The van der Waals surface area contributed by atoms with Crippen LogP contribution in [0.2, 0.25) is 18.6 Å². The second-order valence-corrected chi connectivity index (χ2v) is 9.71. The second kappa shape index (κ2) is 4.73. The number of allylic oxidation sites excluding steroid dienone is 3. The summed E-state index contributed by atoms with van der Waals surface area (Å²) >= 11 is 0. The van der Waals surface area contributed by atoms with Crippen LogP contribution < -0.4 is 5.73 Å². The van der Waals surface area contributed by atoms with Crippen molar-refractivity contribution in [2.75, 3.05) is 0 Å². The Morgan fingerprint density at radius 3 is 1.82 bits per heavy atom. The molecule has 0 aliphatic heterocycles. The zero-order chi connectivity index (χ0) is 13.5. The van der Waals surface area contributed by atoms with Crippen LogP contribution in [0.15, 0.2) is 22.3 Å². The second-order valence-electron chi connectivity index (χ2n) is 6.55. The molecular weight excluding hydrogens is 222 g/mol. The number of hydrogen-bond donors (Lipinski definition) is 0. The molecule has 1 radical (unpaired) electrons. The molecule has 1 nitrogen and oxygen atoms in total. The van der Waals surface area contributed by atoms with Gasteiger partial charge in [-0.25, -0.2) is 0 Å². The fraction of sp³-hybridized carbons (Fsp3) is 0.733. The Kier molecular flexibility index (Phi) is 4.10. The lowest BCUT2D eigenvalue weighted by molar-refractivity contribution is 0.471. The van der Waals surface area contributed by atoms with Gasteiger partial charge in [0.05, 0.1) is 0 Å². The average Bonchev–Trinajstić information content (AvgIpc) is 2.33. The summed E-state index contributed by atoms with van der Waals surface area (Å²) in [6, 6.07) is 0. The highest BCUT2D eigenvalue weighted by molar-refractivity contribution is 6.58. The summed E-state index contributed by atoms with van der Waals surface area (Å²) in [5.74, 6) is 0.555. The largest absolute Gasteiger partial charge is 0.251 e. The molecule has 1 N–H and O–H groups in total. The summed E-state index contributed by atoms with van der Waals surface area (Å²) in [6.45, 7) is 18.0. The molecule has 0 heterocycles. The molecule has 0 aromatic carbocycles. The smallest absolute Gasteiger partial charge is 0.0408 e. The minimum absolute atomic E-state index is 0.337. The van der Waals surface area contributed by atoms with E-state index in [1.165, 1.54) is 16.7 Å². The van der Waals surface area contributed by atoms with Crippen molar-refractivity contribution in [3.63, 3.8) is 0 Å². The molecule has 17 heavy (non-hydrogen) atoms. The van der Waals surface area contributed by atoms with Crippen molar-refractivity contribution in [3.8, 4) is 0 Å². The molecule has 0 saturated carbocycles. The van der Waals surface area contributed by atoms with Crippen LogP contribution in [0.3, 0.4) is 0 Å². The van der Waals surface area contributed by atoms with Crippen LogP contribution in [-0.4, -0.2) is 14.3 Å². The molecule has 0 aromatic rings. The molecule has 0 bridgehead atoms. The van der Waals surface area contributed by atoms with Gasteiger partial charge in [-0.3, -0.25) is 5.73 Å². The molecule has 0 fully saturated rings. The van der Waals surface area contributed by atoms with Gasteiger partial charge in [-0.15, -0.1) is 0 Å². The highest BCUT2D eigenvalue weighted by Crippen LogP contribution is 2.47. The van der Waals surface area contributed by atoms with E-state index in [0.29, 0.717) is 11.5 Å². The fourth-order valence-corrected chi connectivity index (χ4v) is 6.40. The molecule has 1 rings (SSSR count). The van der Waals surface area contributed by atoms with Gasteiger partial charge in [0.1, 0.15) is 0 Å². The predicted molar refractivity (Wildman–Crippen MR) is 80.0 cm³/mol. The van der Waals surface area contributed by atoms with Crippen LogP contribution in [-0.2, 0) is 0 Å². The third kappa shape index (κ3) is 2.58. The van der Waals surface area contributed by atoms with Gasteiger partial charge in [-0.05, 0) is 57.2 Å². The van der Waals surface area contributed by atoms with Gasteiger partial charge in [0.15, 0.2) is 0 Å². The minimum atomic E-state index is -0.867. The maximum Gasteiger partial charge on any atom is 0.0408 e. The normalized spacial score (nSPS) is 24.0. The molecule has 0 amide bonds. The van der Waals surface area contributed by atoms with Crippen molar-refractivity contribution in [1.29, 1.82) is 0 Å². The molecular formula is C15H28NSi. The van der Waals surface area contributed by atoms with E-state index in [0.717, 1.165) is 0 Å². The SMILES string of the molecule is CC1=C(C)C(C)C(C([SiH](C)C)C(C)(C)[NH])=C1C. The van der Waals surface area contributed by atoms with Crippen LogP contribution in [0, 0.1) is 5.92 Å². The van der Waals surface area contributed by atoms with E-state index >= 15 is 0 Å². The van der Waals surface area contributed by atoms with Gasteiger partial charge in [0, 0.05) is 14.3 Å². The van der Waals surface area contributed by atoms with Gasteiger partial charge < -0.3 is 0 Å². The minimum Gasteiger partial charge on any atom is -0.251 e. The Morgan fingerprint density at radius 2 is 1.59 bits per heavy atom. The van der Waals surface area contributed by atoms with E-state index in [-0.39, 0.29) is 5.54 Å². The first-order chi connectivity index (χ1) is 7.59. The summed E-state index contributed by atoms with van der Waals surface area (Å²) in [7, 11) is -0.867. The molecule has 2 heteroatoms. The first-order valence-corrected chi connectivity index (χ1v) is 9.70. The first-order valence-electron chi connectivity index (χ1n) is 6.72. The molecule has 0 spiro atoms. The number of rotatable bonds is 3. The lowest BCUT2D eigenvalue weighted by atomic mass is 9.86. The third-order valence-corrected chi connectivity index (χ3v) is 7.01. The average molecular weight is 250 g/mol. The molecule has 1 aliphatic rings. The van der Waals surface area contributed by atoms with Crippen molar-refractivity contribution in [2.45, 2.75) is 65.7 Å². The van der Waals surface area contributed by atoms with E-state index in [1.54, 1.807) is 5.57 Å². The van der Waals surface area contributed by atoms with Crippen LogP contribution in [0.4, 0.5) is 0 Å². The van der Waals surface area contributed by atoms with Crippen molar-refractivity contribution >= 4 is 8.80 Å². The Hall–Kier alpha value is -0.343. The predicted octanol–water partition coefficient (Wildman–Crippen LogP) is 4.21. The molecule has 97 valence electrons. The van der Waals surface area contributed by atoms with Gasteiger partial charge in [-0.2, -0.15) is 0 Å². The monoisotopic (exact) mass is 250 g/mol. The number of nitrogens with one attached hydrogen (secondary N) is 1. The maximum atomic E-state index is 8.48. The Labute approximate surface area is 109 Å². The summed E-state index contributed by atoms with van der Waals surface area (Å²) < 4.78 is 0. The molecule has 0 saturated heterocycles. The van der Waals surface area contributed by atoms with E-state index < -0.39 is 8.80 Å². The molecule has 2 unspecified atom stereocenters. The zero-order valence-corrected chi connectivity index (χ0v) is 13.9. The van der Waals surface area contributed by atoms with Crippen molar-refractivity contribution < 1.29 is 0 Å². The van der Waals surface area contributed by atoms with E-state index in [1.807, 2.05) is 0 Å². The van der Waals surface area contributed by atoms with E-state index in [4.69, 9.17) is 5.73 Å². The first kappa shape index (κ1) is 14.7. The number of hydrogen-bond acceptors (Lipinski definition) is 0. The summed E-state index contributed by atoms with van der Waals surface area (Å²) in [6.07, 6.45) is 0. The summed E-state index contributed by atoms with van der Waals surface area (Å²) in [4.78, 5) is 0. The van der Waals surface area contributed by atoms with Gasteiger partial charge >= 0.3 is 0 Å². The van der Waals surface area contributed by atoms with E-state index in [9.17, 15) is 0 Å². The molecule has 0 aromatic heterocycles. The molecule has 2 atom stereocenters. The lowest BCUT2D eigenvalue weighted by Crippen LogP contribution is -2.38. The maximum absolute atomic E-state index is 8.48. The van der Waals surface area contributed by atoms with Crippen molar-refractivity contribution in [3.05, 3.63) is 22.3 Å². The fourth-order valence-electron chi connectivity index (χ4n) is 3.48. The Balaban J connectivity index is 3.25. The highest BCUT2D eigenvalue weighted by Gasteiger charge is 2.38. The third-order valence-electron chi connectivity index (χ3n) is 4.48. The van der Waals surface area contributed by atoms with Gasteiger partial charge in [0.25, 0.3) is 0 Å². The zero-order valence-electron chi connectivity index (χ0n) is 12.7. The Morgan fingerprint density at radius 1 is 1.12 bits per heavy atom. The van der Waals surface area contributed by atoms with E-state index in [2.05, 4.69) is 54.6 Å². The molecule has 1 aliphatic carbocycles. The van der Waals surface area contributed by atoms with Gasteiger partial charge in [-0.1, -0.05) is 31.2 Å².